The predicted molar refractivity (Wildman–Crippen MR) is 117 cm³/mol. The van der Waals surface area contributed by atoms with Gasteiger partial charge >= 0.3 is 0 Å². The average Bonchev–Trinajstić information content (AvgIpc) is 2.76. The zero-order valence-electron chi connectivity index (χ0n) is 17.6. The van der Waals surface area contributed by atoms with E-state index >= 15 is 0 Å². The molecule has 3 heterocycles. The number of nitrogens with one attached hydrogen (secondary N) is 1. The van der Waals surface area contributed by atoms with Gasteiger partial charge in [-0.3, -0.25) is 24.1 Å². The number of hydrogen-bond donors (Lipinski definition) is 2. The van der Waals surface area contributed by atoms with E-state index in [9.17, 15) is 23.9 Å². The summed E-state index contributed by atoms with van der Waals surface area (Å²) in [5, 5.41) is 14.7. The van der Waals surface area contributed by atoms with E-state index in [-0.39, 0.29) is 34.3 Å². The molecule has 10 heteroatoms. The number of pyridine rings is 1. The fraction of sp³-hybridized carbons (Fsp3) is 0.318. The third-order valence-corrected chi connectivity index (χ3v) is 6.38. The van der Waals surface area contributed by atoms with Crippen LogP contribution < -0.4 is 15.8 Å². The molecule has 2 amide bonds. The van der Waals surface area contributed by atoms with Crippen LogP contribution >= 0.6 is 11.6 Å². The quantitative estimate of drug-likeness (QED) is 0.685. The van der Waals surface area contributed by atoms with E-state index in [2.05, 4.69) is 11.9 Å². The number of halogens is 2. The Hall–Kier alpha value is -3.33. The lowest BCUT2D eigenvalue weighted by Crippen LogP contribution is -2.63. The minimum absolute atomic E-state index is 0.0866. The van der Waals surface area contributed by atoms with Crippen molar-refractivity contribution in [3.05, 3.63) is 74.4 Å². The number of hydrogen-bond acceptors (Lipinski definition) is 5. The molecule has 0 radical (unpaired) electrons. The van der Waals surface area contributed by atoms with E-state index in [4.69, 9.17) is 11.6 Å². The number of aromatic nitrogens is 1. The summed E-state index contributed by atoms with van der Waals surface area (Å²) in [5.74, 6) is -2.67. The second-order valence-corrected chi connectivity index (χ2v) is 8.43. The molecule has 32 heavy (non-hydrogen) atoms. The Balaban J connectivity index is 1.72. The summed E-state index contributed by atoms with van der Waals surface area (Å²) < 4.78 is 15.5. The highest BCUT2D eigenvalue weighted by Gasteiger charge is 2.43. The molecular weight excluding hydrogens is 439 g/mol. The van der Waals surface area contributed by atoms with E-state index < -0.39 is 35.0 Å². The van der Waals surface area contributed by atoms with Gasteiger partial charge in [0.15, 0.2) is 11.4 Å². The predicted octanol–water partition coefficient (Wildman–Crippen LogP) is 2.22. The monoisotopic (exact) mass is 460 g/mol. The Kier molecular flexibility index (Phi) is 5.46. The maximum Gasteiger partial charge on any atom is 0.278 e. The molecule has 2 aliphatic heterocycles. The lowest BCUT2D eigenvalue weighted by molar-refractivity contribution is 0.0637. The third-order valence-electron chi connectivity index (χ3n) is 6.08. The maximum absolute atomic E-state index is 14.1. The van der Waals surface area contributed by atoms with Gasteiger partial charge in [0.2, 0.25) is 5.43 Å². The molecule has 4 rings (SSSR count). The van der Waals surface area contributed by atoms with Crippen molar-refractivity contribution in [3.8, 4) is 5.75 Å². The van der Waals surface area contributed by atoms with Crippen LogP contribution in [-0.4, -0.2) is 46.3 Å². The Morgan fingerprint density at radius 2 is 2.09 bits per heavy atom. The summed E-state index contributed by atoms with van der Waals surface area (Å²) in [4.78, 5) is 39.9. The zero-order valence-corrected chi connectivity index (χ0v) is 18.3. The molecule has 2 N–H and O–H groups in total. The Labute approximate surface area is 188 Å². The lowest BCUT2D eigenvalue weighted by atomic mass is 9.91. The fourth-order valence-electron chi connectivity index (χ4n) is 4.14. The Morgan fingerprint density at radius 3 is 2.81 bits per heavy atom. The lowest BCUT2D eigenvalue weighted by Gasteiger charge is -2.50. The topological polar surface area (TPSA) is 94.9 Å². The summed E-state index contributed by atoms with van der Waals surface area (Å²) in [6.45, 7) is 6.44. The summed E-state index contributed by atoms with van der Waals surface area (Å²) in [6.07, 6.45) is 1.51. The first kappa shape index (κ1) is 21.9. The van der Waals surface area contributed by atoms with Crippen LogP contribution in [0.3, 0.4) is 0 Å². The average molecular weight is 461 g/mol. The van der Waals surface area contributed by atoms with Crippen LogP contribution in [0.25, 0.3) is 0 Å². The standard InChI is InChI=1S/C22H22ClFN4O4/c1-11-7-8-27-21(12(11)2)26(3)22(32)17-19(30)18(29)14(10-28(17)27)20(31)25-9-13-5-4-6-15(23)16(13)24/h4-6,10-11,21,30H,2,7-9H2,1,3H3,(H,25,31)/t11-,21-/m0/s1. The van der Waals surface area contributed by atoms with Crippen LogP contribution in [-0.2, 0) is 6.54 Å². The molecule has 2 aromatic rings. The Morgan fingerprint density at radius 1 is 1.38 bits per heavy atom. The van der Waals surface area contributed by atoms with Crippen molar-refractivity contribution in [1.82, 2.24) is 14.9 Å². The smallest absolute Gasteiger partial charge is 0.278 e. The highest BCUT2D eigenvalue weighted by molar-refractivity contribution is 6.30. The zero-order chi connectivity index (χ0) is 23.3. The number of rotatable bonds is 3. The van der Waals surface area contributed by atoms with Gasteiger partial charge in [0.05, 0.1) is 5.02 Å². The van der Waals surface area contributed by atoms with Gasteiger partial charge in [0.25, 0.3) is 11.8 Å². The van der Waals surface area contributed by atoms with Crippen LogP contribution in [0, 0.1) is 11.7 Å². The van der Waals surface area contributed by atoms with Gasteiger partial charge in [0.1, 0.15) is 17.5 Å². The molecule has 0 spiro atoms. The molecule has 0 aliphatic carbocycles. The number of fused-ring (bicyclic) bond motifs is 3. The highest BCUT2D eigenvalue weighted by Crippen LogP contribution is 2.33. The molecule has 1 saturated heterocycles. The first-order valence-electron chi connectivity index (χ1n) is 10.1. The summed E-state index contributed by atoms with van der Waals surface area (Å²) in [5.41, 5.74) is -0.600. The minimum Gasteiger partial charge on any atom is -0.502 e. The van der Waals surface area contributed by atoms with Crippen LogP contribution in [0.5, 0.6) is 5.75 Å². The first-order chi connectivity index (χ1) is 15.1. The molecular formula is C22H22ClFN4O4. The van der Waals surface area contributed by atoms with Crippen LogP contribution in [0.4, 0.5) is 4.39 Å². The van der Waals surface area contributed by atoms with E-state index in [1.165, 1.54) is 27.9 Å². The van der Waals surface area contributed by atoms with Gasteiger partial charge in [-0.15, -0.1) is 0 Å². The van der Waals surface area contributed by atoms with E-state index in [0.717, 1.165) is 12.0 Å². The first-order valence-corrected chi connectivity index (χ1v) is 10.4. The van der Waals surface area contributed by atoms with Gasteiger partial charge in [-0.25, -0.2) is 4.39 Å². The number of aromatic hydroxyl groups is 1. The summed E-state index contributed by atoms with van der Waals surface area (Å²) >= 11 is 5.76. The molecule has 1 fully saturated rings. The van der Waals surface area contributed by atoms with Gasteiger partial charge in [-0.2, -0.15) is 0 Å². The molecule has 2 atom stereocenters. The molecule has 1 aromatic heterocycles. The molecule has 0 bridgehead atoms. The van der Waals surface area contributed by atoms with Gasteiger partial charge in [-0.05, 0) is 24.0 Å². The molecule has 8 nitrogen and oxygen atoms in total. The van der Waals surface area contributed by atoms with Gasteiger partial charge < -0.3 is 15.3 Å². The second-order valence-electron chi connectivity index (χ2n) is 8.03. The number of carbonyl (C=O) groups is 2. The van der Waals surface area contributed by atoms with Crippen molar-refractivity contribution in [2.45, 2.75) is 26.1 Å². The number of piperidine rings is 1. The van der Waals surface area contributed by atoms with Crippen molar-refractivity contribution in [2.24, 2.45) is 5.92 Å². The Bertz CT molecular complexity index is 1210. The van der Waals surface area contributed by atoms with Crippen molar-refractivity contribution in [3.63, 3.8) is 0 Å². The summed E-state index contributed by atoms with van der Waals surface area (Å²) in [6, 6.07) is 4.38. The molecule has 0 unspecified atom stereocenters. The minimum atomic E-state index is -0.982. The molecule has 1 aromatic carbocycles. The maximum atomic E-state index is 14.1. The van der Waals surface area contributed by atoms with E-state index in [1.54, 1.807) is 18.1 Å². The van der Waals surface area contributed by atoms with Crippen molar-refractivity contribution in [2.75, 3.05) is 18.6 Å². The SMILES string of the molecule is C=C1[C@@H](C)CCN2[C@@H]1N(C)C(=O)c1c(O)c(=O)c(C(=O)NCc3cccc(Cl)c3F)cn12. The van der Waals surface area contributed by atoms with Gasteiger partial charge in [0, 0.05) is 31.9 Å². The van der Waals surface area contributed by atoms with E-state index in [1.807, 2.05) is 6.92 Å². The fourth-order valence-corrected chi connectivity index (χ4v) is 4.33. The third kappa shape index (κ3) is 3.33. The second kappa shape index (κ2) is 7.98. The molecule has 168 valence electrons. The van der Waals surface area contributed by atoms with Crippen molar-refractivity contribution >= 4 is 23.4 Å². The van der Waals surface area contributed by atoms with Crippen LogP contribution in [0.2, 0.25) is 5.02 Å². The van der Waals surface area contributed by atoms with Crippen LogP contribution in [0.15, 0.2) is 41.3 Å². The van der Waals surface area contributed by atoms with Gasteiger partial charge in [-0.1, -0.05) is 37.2 Å². The number of carbonyl (C=O) groups excluding carboxylic acids is 2. The molecule has 0 saturated carbocycles. The molecule has 2 aliphatic rings. The van der Waals surface area contributed by atoms with E-state index in [0.29, 0.717) is 6.54 Å². The highest BCUT2D eigenvalue weighted by atomic mass is 35.5. The summed E-state index contributed by atoms with van der Waals surface area (Å²) in [7, 11) is 1.58. The normalized spacial score (nSPS) is 20.1. The largest absolute Gasteiger partial charge is 0.502 e. The number of nitrogens with zero attached hydrogens (tertiary/aromatic N) is 3. The number of amides is 2. The number of benzene rings is 1. The van der Waals surface area contributed by atoms with Crippen LogP contribution in [0.1, 0.15) is 39.8 Å². The number of likely N-dealkylation sites (N-methyl/N-ethyl adjacent to an activating group) is 1. The van der Waals surface area contributed by atoms with Crippen molar-refractivity contribution in [1.29, 1.82) is 0 Å². The van der Waals surface area contributed by atoms with Crippen molar-refractivity contribution < 1.29 is 19.1 Å².